The molecule has 0 heterocycles. The third-order valence-corrected chi connectivity index (χ3v) is 2.70. The lowest BCUT2D eigenvalue weighted by Gasteiger charge is -2.12. The van der Waals surface area contributed by atoms with Crippen molar-refractivity contribution in [1.29, 1.82) is 0 Å². The van der Waals surface area contributed by atoms with E-state index in [1.807, 2.05) is 0 Å². The molecule has 0 atom stereocenters. The number of carboxylic acids is 1. The molecule has 2 aromatic carbocycles. The summed E-state index contributed by atoms with van der Waals surface area (Å²) in [5.41, 5.74) is 0.0373. The van der Waals surface area contributed by atoms with E-state index in [0.717, 1.165) is 0 Å². The van der Waals surface area contributed by atoms with Crippen molar-refractivity contribution in [3.05, 3.63) is 53.1 Å². The maximum absolute atomic E-state index is 11.1. The van der Waals surface area contributed by atoms with E-state index in [9.17, 15) is 4.79 Å². The van der Waals surface area contributed by atoms with Gasteiger partial charge in [0.1, 0.15) is 11.3 Å². The van der Waals surface area contributed by atoms with Crippen molar-refractivity contribution < 1.29 is 19.4 Å². The molecular weight excluding hydrogens is 268 g/mol. The summed E-state index contributed by atoms with van der Waals surface area (Å²) < 4.78 is 10.7. The van der Waals surface area contributed by atoms with Crippen LogP contribution in [0.4, 0.5) is 0 Å². The fraction of sp³-hybridized carbons (Fsp3) is 0.0714. The largest absolute Gasteiger partial charge is 0.493 e. The van der Waals surface area contributed by atoms with Gasteiger partial charge in [0.2, 0.25) is 0 Å². The summed E-state index contributed by atoms with van der Waals surface area (Å²) in [5, 5.41) is 9.50. The average molecular weight is 279 g/mol. The number of hydrogen-bond acceptors (Lipinski definition) is 3. The Morgan fingerprint density at radius 3 is 2.42 bits per heavy atom. The molecule has 0 aliphatic carbocycles. The molecule has 19 heavy (non-hydrogen) atoms. The van der Waals surface area contributed by atoms with Gasteiger partial charge in [0.05, 0.1) is 7.11 Å². The van der Waals surface area contributed by atoms with Gasteiger partial charge in [0.15, 0.2) is 11.5 Å². The zero-order chi connectivity index (χ0) is 13.8. The average Bonchev–Trinajstić information content (AvgIpc) is 2.39. The van der Waals surface area contributed by atoms with Crippen LogP contribution in [-0.4, -0.2) is 18.2 Å². The molecule has 2 aromatic rings. The van der Waals surface area contributed by atoms with Gasteiger partial charge in [-0.1, -0.05) is 23.7 Å². The molecular formula is C14H11ClO4. The third-order valence-electron chi connectivity index (χ3n) is 2.46. The van der Waals surface area contributed by atoms with Gasteiger partial charge in [-0.05, 0) is 24.3 Å². The maximum Gasteiger partial charge on any atom is 0.339 e. The summed E-state index contributed by atoms with van der Waals surface area (Å²) in [6.45, 7) is 0. The van der Waals surface area contributed by atoms with Crippen LogP contribution in [0.1, 0.15) is 10.4 Å². The van der Waals surface area contributed by atoms with Crippen LogP contribution >= 0.6 is 11.6 Å². The molecule has 0 saturated carbocycles. The smallest absolute Gasteiger partial charge is 0.339 e. The molecule has 98 valence electrons. The SMILES string of the molecule is COc1ccccc1Oc1cc(Cl)ccc1C(=O)O. The van der Waals surface area contributed by atoms with E-state index in [2.05, 4.69) is 0 Å². The van der Waals surface area contributed by atoms with Crippen molar-refractivity contribution in [3.8, 4) is 17.2 Å². The molecule has 0 amide bonds. The van der Waals surface area contributed by atoms with E-state index in [4.69, 9.17) is 26.2 Å². The van der Waals surface area contributed by atoms with Crippen LogP contribution in [-0.2, 0) is 0 Å². The Labute approximate surface area is 115 Å². The highest BCUT2D eigenvalue weighted by atomic mass is 35.5. The molecule has 0 aliphatic heterocycles. The second-order valence-corrected chi connectivity index (χ2v) is 4.13. The summed E-state index contributed by atoms with van der Waals surface area (Å²) >= 11 is 5.86. The molecule has 0 aromatic heterocycles. The summed E-state index contributed by atoms with van der Waals surface area (Å²) in [7, 11) is 1.51. The summed E-state index contributed by atoms with van der Waals surface area (Å²) in [4.78, 5) is 11.1. The van der Waals surface area contributed by atoms with E-state index >= 15 is 0 Å². The van der Waals surface area contributed by atoms with Crippen molar-refractivity contribution in [2.75, 3.05) is 7.11 Å². The lowest BCUT2D eigenvalue weighted by molar-refractivity contribution is 0.0694. The molecule has 0 fully saturated rings. The number of methoxy groups -OCH3 is 1. The number of ether oxygens (including phenoxy) is 2. The zero-order valence-corrected chi connectivity index (χ0v) is 10.8. The highest BCUT2D eigenvalue weighted by molar-refractivity contribution is 6.30. The number of para-hydroxylation sites is 2. The highest BCUT2D eigenvalue weighted by Gasteiger charge is 2.14. The van der Waals surface area contributed by atoms with Gasteiger partial charge < -0.3 is 14.6 Å². The first-order valence-corrected chi connectivity index (χ1v) is 5.83. The molecule has 2 rings (SSSR count). The number of hydrogen-bond donors (Lipinski definition) is 1. The Balaban J connectivity index is 2.42. The van der Waals surface area contributed by atoms with Crippen LogP contribution in [0.15, 0.2) is 42.5 Å². The number of carboxylic acid groups (broad SMARTS) is 1. The molecule has 0 aliphatic rings. The minimum Gasteiger partial charge on any atom is -0.493 e. The first-order chi connectivity index (χ1) is 9.11. The minimum absolute atomic E-state index is 0.0373. The lowest BCUT2D eigenvalue weighted by Crippen LogP contribution is -2.00. The van der Waals surface area contributed by atoms with E-state index in [0.29, 0.717) is 16.5 Å². The Morgan fingerprint density at radius 1 is 1.11 bits per heavy atom. The van der Waals surface area contributed by atoms with Crippen LogP contribution in [0.2, 0.25) is 5.02 Å². The molecule has 4 nitrogen and oxygen atoms in total. The molecule has 5 heteroatoms. The molecule has 0 spiro atoms. The second-order valence-electron chi connectivity index (χ2n) is 3.70. The highest BCUT2D eigenvalue weighted by Crippen LogP contribution is 2.34. The normalized spacial score (nSPS) is 10.0. The summed E-state index contributed by atoms with van der Waals surface area (Å²) in [6, 6.07) is 11.3. The fourth-order valence-corrected chi connectivity index (χ4v) is 1.74. The van der Waals surface area contributed by atoms with Crippen LogP contribution in [0.25, 0.3) is 0 Å². The van der Waals surface area contributed by atoms with Crippen LogP contribution in [0.3, 0.4) is 0 Å². The predicted octanol–water partition coefficient (Wildman–Crippen LogP) is 3.84. The Morgan fingerprint density at radius 2 is 1.79 bits per heavy atom. The van der Waals surface area contributed by atoms with Crippen molar-refractivity contribution in [2.24, 2.45) is 0 Å². The fourth-order valence-electron chi connectivity index (χ4n) is 1.58. The van der Waals surface area contributed by atoms with E-state index in [1.165, 1.54) is 25.3 Å². The van der Waals surface area contributed by atoms with E-state index in [-0.39, 0.29) is 11.3 Å². The van der Waals surface area contributed by atoms with Gasteiger partial charge in [-0.2, -0.15) is 0 Å². The topological polar surface area (TPSA) is 55.8 Å². The summed E-state index contributed by atoms with van der Waals surface area (Å²) in [5.74, 6) is 0.0274. The quantitative estimate of drug-likeness (QED) is 0.923. The van der Waals surface area contributed by atoms with Gasteiger partial charge >= 0.3 is 5.97 Å². The Hall–Kier alpha value is -2.20. The molecule has 0 bridgehead atoms. The van der Waals surface area contributed by atoms with Crippen molar-refractivity contribution in [1.82, 2.24) is 0 Å². The molecule has 0 saturated heterocycles. The standard InChI is InChI=1S/C14H11ClO4/c1-18-11-4-2-3-5-12(11)19-13-8-9(15)6-7-10(13)14(16)17/h2-8H,1H3,(H,16,17). The number of aromatic carboxylic acids is 1. The van der Waals surface area contributed by atoms with Crippen molar-refractivity contribution >= 4 is 17.6 Å². The maximum atomic E-state index is 11.1. The monoisotopic (exact) mass is 278 g/mol. The van der Waals surface area contributed by atoms with Crippen molar-refractivity contribution in [3.63, 3.8) is 0 Å². The van der Waals surface area contributed by atoms with Crippen LogP contribution in [0, 0.1) is 0 Å². The number of rotatable bonds is 4. The predicted molar refractivity (Wildman–Crippen MR) is 71.5 cm³/mol. The van der Waals surface area contributed by atoms with Crippen LogP contribution in [0.5, 0.6) is 17.2 Å². The van der Waals surface area contributed by atoms with Gasteiger partial charge in [-0.3, -0.25) is 0 Å². The molecule has 0 radical (unpaired) electrons. The van der Waals surface area contributed by atoms with Crippen LogP contribution < -0.4 is 9.47 Å². The Kier molecular flexibility index (Phi) is 3.92. The Bertz CT molecular complexity index is 610. The molecule has 0 unspecified atom stereocenters. The van der Waals surface area contributed by atoms with Gasteiger partial charge in [-0.15, -0.1) is 0 Å². The number of carbonyl (C=O) groups is 1. The minimum atomic E-state index is -1.08. The van der Waals surface area contributed by atoms with E-state index < -0.39 is 5.97 Å². The zero-order valence-electron chi connectivity index (χ0n) is 10.1. The second kappa shape index (κ2) is 5.63. The lowest BCUT2D eigenvalue weighted by atomic mass is 10.2. The van der Waals surface area contributed by atoms with E-state index in [1.54, 1.807) is 24.3 Å². The number of benzene rings is 2. The first-order valence-electron chi connectivity index (χ1n) is 5.45. The first kappa shape index (κ1) is 13.2. The van der Waals surface area contributed by atoms with Crippen molar-refractivity contribution in [2.45, 2.75) is 0 Å². The number of halogens is 1. The third kappa shape index (κ3) is 2.98. The molecule has 1 N–H and O–H groups in total. The van der Waals surface area contributed by atoms with Gasteiger partial charge in [0.25, 0.3) is 0 Å². The van der Waals surface area contributed by atoms with Gasteiger partial charge in [-0.25, -0.2) is 4.79 Å². The summed E-state index contributed by atoms with van der Waals surface area (Å²) in [6.07, 6.45) is 0. The van der Waals surface area contributed by atoms with Gasteiger partial charge in [0, 0.05) is 11.1 Å².